The molecule has 9 heteroatoms. The molecule has 100 valence electrons. The summed E-state index contributed by atoms with van der Waals surface area (Å²) in [7, 11) is 0. The predicted molar refractivity (Wildman–Crippen MR) is 63.0 cm³/mol. The molecule has 0 spiro atoms. The Labute approximate surface area is 107 Å². The lowest BCUT2D eigenvalue weighted by molar-refractivity contribution is -0.136. The third kappa shape index (κ3) is 2.59. The Kier molecular flexibility index (Phi) is 3.27. The summed E-state index contributed by atoms with van der Waals surface area (Å²) < 4.78 is 1.61. The van der Waals surface area contributed by atoms with Gasteiger partial charge in [-0.1, -0.05) is 0 Å². The summed E-state index contributed by atoms with van der Waals surface area (Å²) in [5.41, 5.74) is 0.322. The molecule has 0 amide bonds. The summed E-state index contributed by atoms with van der Waals surface area (Å²) >= 11 is 0. The van der Waals surface area contributed by atoms with Crippen LogP contribution < -0.4 is 4.90 Å². The minimum Gasteiger partial charge on any atom is -0.480 e. The van der Waals surface area contributed by atoms with Gasteiger partial charge in [-0.2, -0.15) is 0 Å². The van der Waals surface area contributed by atoms with Crippen molar-refractivity contribution in [3.8, 4) is 0 Å². The molecule has 2 rings (SSSR count). The summed E-state index contributed by atoms with van der Waals surface area (Å²) in [6.07, 6.45) is 3.06. The van der Waals surface area contributed by atoms with Gasteiger partial charge in [0.2, 0.25) is 5.65 Å². The van der Waals surface area contributed by atoms with E-state index in [9.17, 15) is 9.59 Å². The third-order valence-electron chi connectivity index (χ3n) is 2.43. The lowest BCUT2D eigenvalue weighted by Crippen LogP contribution is -2.35. The molecule has 0 aromatic carbocycles. The minimum absolute atomic E-state index is 0.174. The molecule has 0 saturated carbocycles. The van der Waals surface area contributed by atoms with Crippen LogP contribution in [0.4, 0.5) is 5.82 Å². The summed E-state index contributed by atoms with van der Waals surface area (Å²) in [6.45, 7) is 0.762. The van der Waals surface area contributed by atoms with E-state index in [0.29, 0.717) is 11.5 Å². The number of aliphatic carboxylic acids is 2. The second kappa shape index (κ2) is 4.88. The first-order valence-electron chi connectivity index (χ1n) is 5.34. The van der Waals surface area contributed by atoms with Gasteiger partial charge in [0, 0.05) is 12.4 Å². The molecule has 2 heterocycles. The van der Waals surface area contributed by atoms with E-state index >= 15 is 0 Å². The molecule has 9 nitrogen and oxygen atoms in total. The van der Waals surface area contributed by atoms with Gasteiger partial charge < -0.3 is 15.1 Å². The van der Waals surface area contributed by atoms with Gasteiger partial charge in [-0.05, 0) is 6.92 Å². The van der Waals surface area contributed by atoms with Gasteiger partial charge in [0.1, 0.15) is 18.9 Å². The molecule has 0 radical (unpaired) electrons. The lowest BCUT2D eigenvalue weighted by Gasteiger charge is -2.19. The van der Waals surface area contributed by atoms with Gasteiger partial charge in [-0.25, -0.2) is 4.98 Å². The fourth-order valence-corrected chi connectivity index (χ4v) is 1.68. The Morgan fingerprint density at radius 2 is 1.89 bits per heavy atom. The summed E-state index contributed by atoms with van der Waals surface area (Å²) in [5.74, 6) is -1.53. The van der Waals surface area contributed by atoms with E-state index in [2.05, 4.69) is 15.2 Å². The van der Waals surface area contributed by atoms with Crippen molar-refractivity contribution in [2.45, 2.75) is 6.92 Å². The third-order valence-corrected chi connectivity index (χ3v) is 2.43. The van der Waals surface area contributed by atoms with Crippen LogP contribution in [0.15, 0.2) is 12.4 Å². The van der Waals surface area contributed by atoms with Crippen molar-refractivity contribution < 1.29 is 19.8 Å². The number of anilines is 1. The van der Waals surface area contributed by atoms with Crippen LogP contribution in [-0.4, -0.2) is 54.8 Å². The number of carboxylic acids is 2. The fourth-order valence-electron chi connectivity index (χ4n) is 1.68. The molecule has 2 aromatic rings. The highest BCUT2D eigenvalue weighted by molar-refractivity contribution is 5.81. The van der Waals surface area contributed by atoms with E-state index in [0.717, 1.165) is 4.90 Å². The molecule has 0 atom stereocenters. The van der Waals surface area contributed by atoms with E-state index in [-0.39, 0.29) is 5.82 Å². The number of fused-ring (bicyclic) bond motifs is 1. The van der Waals surface area contributed by atoms with E-state index in [1.165, 1.54) is 6.20 Å². The Morgan fingerprint density at radius 1 is 1.26 bits per heavy atom. The predicted octanol–water partition coefficient (Wildman–Crippen LogP) is -0.592. The van der Waals surface area contributed by atoms with Crippen LogP contribution in [0.5, 0.6) is 0 Å². The maximum Gasteiger partial charge on any atom is 0.323 e. The van der Waals surface area contributed by atoms with Gasteiger partial charge in [0.25, 0.3) is 0 Å². The Morgan fingerprint density at radius 3 is 2.47 bits per heavy atom. The number of carbonyl (C=O) groups is 2. The summed E-state index contributed by atoms with van der Waals surface area (Å²) in [6, 6.07) is 0. The molecule has 0 fully saturated rings. The van der Waals surface area contributed by atoms with Gasteiger partial charge >= 0.3 is 11.9 Å². The van der Waals surface area contributed by atoms with Crippen LogP contribution in [0, 0.1) is 6.92 Å². The highest BCUT2D eigenvalue weighted by Crippen LogP contribution is 2.16. The van der Waals surface area contributed by atoms with Crippen molar-refractivity contribution in [3.63, 3.8) is 0 Å². The molecule has 0 aliphatic rings. The second-order valence-corrected chi connectivity index (χ2v) is 3.84. The molecule has 0 aliphatic carbocycles. The number of nitrogens with zero attached hydrogens (tertiary/aromatic N) is 5. The van der Waals surface area contributed by atoms with Crippen molar-refractivity contribution in [1.29, 1.82) is 0 Å². The normalized spacial score (nSPS) is 10.6. The zero-order valence-corrected chi connectivity index (χ0v) is 10.0. The molecular formula is C10H11N5O4. The largest absolute Gasteiger partial charge is 0.480 e. The van der Waals surface area contributed by atoms with Gasteiger partial charge in [0.05, 0.1) is 0 Å². The fraction of sp³-hybridized carbons (Fsp3) is 0.300. The molecule has 2 N–H and O–H groups in total. The molecule has 2 aromatic heterocycles. The quantitative estimate of drug-likeness (QED) is 0.735. The zero-order chi connectivity index (χ0) is 14.0. The van der Waals surface area contributed by atoms with Crippen LogP contribution in [0.2, 0.25) is 0 Å². The number of aromatic nitrogens is 4. The average Bonchev–Trinajstić information content (AvgIpc) is 2.69. The first-order valence-corrected chi connectivity index (χ1v) is 5.34. The van der Waals surface area contributed by atoms with Crippen molar-refractivity contribution >= 4 is 23.4 Å². The van der Waals surface area contributed by atoms with Crippen molar-refractivity contribution in [2.75, 3.05) is 18.0 Å². The highest BCUT2D eigenvalue weighted by Gasteiger charge is 2.19. The number of hydrogen-bond donors (Lipinski definition) is 2. The van der Waals surface area contributed by atoms with Crippen LogP contribution >= 0.6 is 0 Å². The van der Waals surface area contributed by atoms with Gasteiger partial charge in [-0.15, -0.1) is 10.2 Å². The summed E-state index contributed by atoms with van der Waals surface area (Å²) in [4.78, 5) is 26.7. The minimum atomic E-state index is -1.15. The first kappa shape index (κ1) is 12.7. The van der Waals surface area contributed by atoms with E-state index in [4.69, 9.17) is 10.2 Å². The second-order valence-electron chi connectivity index (χ2n) is 3.84. The Bertz CT molecular complexity index is 622. The smallest absolute Gasteiger partial charge is 0.323 e. The Hall–Kier alpha value is -2.71. The monoisotopic (exact) mass is 265 g/mol. The van der Waals surface area contributed by atoms with E-state index < -0.39 is 25.0 Å². The van der Waals surface area contributed by atoms with Crippen molar-refractivity contribution in [3.05, 3.63) is 18.2 Å². The lowest BCUT2D eigenvalue weighted by atomic mass is 10.4. The number of aryl methyl sites for hydroxylation is 1. The van der Waals surface area contributed by atoms with Crippen LogP contribution in [-0.2, 0) is 9.59 Å². The summed E-state index contributed by atoms with van der Waals surface area (Å²) in [5, 5.41) is 25.4. The van der Waals surface area contributed by atoms with E-state index in [1.807, 2.05) is 0 Å². The number of carboxylic acid groups (broad SMARTS) is 2. The maximum absolute atomic E-state index is 10.8. The molecule has 19 heavy (non-hydrogen) atoms. The number of rotatable bonds is 5. The van der Waals surface area contributed by atoms with Crippen molar-refractivity contribution in [2.24, 2.45) is 0 Å². The van der Waals surface area contributed by atoms with Crippen LogP contribution in [0.25, 0.3) is 5.65 Å². The highest BCUT2D eigenvalue weighted by atomic mass is 16.4. The van der Waals surface area contributed by atoms with Crippen LogP contribution in [0.3, 0.4) is 0 Å². The number of hydrogen-bond acceptors (Lipinski definition) is 6. The zero-order valence-electron chi connectivity index (χ0n) is 10.0. The van der Waals surface area contributed by atoms with Crippen LogP contribution in [0.1, 0.15) is 5.82 Å². The molecule has 0 aliphatic heterocycles. The molecule has 0 saturated heterocycles. The van der Waals surface area contributed by atoms with Gasteiger partial charge in [-0.3, -0.25) is 14.0 Å². The van der Waals surface area contributed by atoms with E-state index in [1.54, 1.807) is 17.5 Å². The average molecular weight is 265 g/mol. The molecule has 0 bridgehead atoms. The standard InChI is InChI=1S/C10H11N5O4/c1-6-12-13-10-9(11-2-3-15(6)10)14(4-7(16)17)5-8(18)19/h2-3H,4-5H2,1H3,(H,16,17)(H,18,19). The van der Waals surface area contributed by atoms with Gasteiger partial charge in [0.15, 0.2) is 5.82 Å². The first-order chi connectivity index (χ1) is 8.99. The molecule has 0 unspecified atom stereocenters. The topological polar surface area (TPSA) is 121 Å². The Balaban J connectivity index is 2.48. The van der Waals surface area contributed by atoms with Crippen molar-refractivity contribution in [1.82, 2.24) is 19.6 Å². The SMILES string of the molecule is Cc1nnc2c(N(CC(=O)O)CC(=O)O)nccn12. The maximum atomic E-state index is 10.8. The molecular weight excluding hydrogens is 254 g/mol.